The van der Waals surface area contributed by atoms with Gasteiger partial charge in [-0.1, -0.05) is 6.07 Å². The number of nitrogens with one attached hydrogen (secondary N) is 2. The number of hydrogen-bond donors (Lipinski definition) is 4. The summed E-state index contributed by atoms with van der Waals surface area (Å²) in [7, 11) is 0. The molecule has 0 spiro atoms. The molecule has 0 amide bonds. The van der Waals surface area contributed by atoms with Crippen molar-refractivity contribution in [3.63, 3.8) is 0 Å². The molecule has 1 aliphatic heterocycles. The molecule has 176 valence electrons. The normalized spacial score (nSPS) is 18.3. The molecule has 4 rings (SSSR count). The van der Waals surface area contributed by atoms with Crippen molar-refractivity contribution in [2.24, 2.45) is 5.92 Å². The van der Waals surface area contributed by atoms with Crippen molar-refractivity contribution in [3.8, 4) is 11.4 Å². The van der Waals surface area contributed by atoms with Crippen molar-refractivity contribution < 1.29 is 19.7 Å². The maximum absolute atomic E-state index is 11.9. The number of aryl methyl sites for hydroxylation is 1. The van der Waals surface area contributed by atoms with Gasteiger partial charge in [0.2, 0.25) is 0 Å². The lowest BCUT2D eigenvalue weighted by Crippen LogP contribution is -2.44. The zero-order valence-electron chi connectivity index (χ0n) is 18.9. The zero-order valence-corrected chi connectivity index (χ0v) is 18.9. The standard InChI is InChI=1S/C24H30N4O5/c1-14-8-18(11-26-23(14)30)22-27-19-9-16(10-25-21(15(2)29)24(31)32)5-6-20(19)28(22)12-17-4-3-7-33-13-17/h5-6,8-9,11,15,17,21,25,29H,3-4,7,10,12-13H2,1-2H3,(H,26,30)(H,31,32). The molecular formula is C24H30N4O5. The van der Waals surface area contributed by atoms with E-state index in [4.69, 9.17) is 9.72 Å². The Hall–Kier alpha value is -3.01. The van der Waals surface area contributed by atoms with Crippen LogP contribution in [-0.2, 0) is 22.6 Å². The van der Waals surface area contributed by atoms with Gasteiger partial charge in [-0.25, -0.2) is 4.98 Å². The van der Waals surface area contributed by atoms with Crippen LogP contribution in [0.5, 0.6) is 0 Å². The van der Waals surface area contributed by atoms with Gasteiger partial charge in [0, 0.05) is 42.9 Å². The van der Waals surface area contributed by atoms with E-state index >= 15 is 0 Å². The molecule has 1 fully saturated rings. The monoisotopic (exact) mass is 454 g/mol. The lowest BCUT2D eigenvalue weighted by molar-refractivity contribution is -0.142. The maximum Gasteiger partial charge on any atom is 0.323 e. The molecule has 1 saturated heterocycles. The molecule has 0 aliphatic carbocycles. The lowest BCUT2D eigenvalue weighted by atomic mass is 10.0. The summed E-state index contributed by atoms with van der Waals surface area (Å²) in [5, 5.41) is 21.9. The summed E-state index contributed by atoms with van der Waals surface area (Å²) in [5.74, 6) is 0.0516. The largest absolute Gasteiger partial charge is 0.480 e. The minimum atomic E-state index is -1.10. The number of H-pyrrole nitrogens is 1. The van der Waals surface area contributed by atoms with E-state index < -0.39 is 18.1 Å². The van der Waals surface area contributed by atoms with Gasteiger partial charge in [0.25, 0.3) is 5.56 Å². The van der Waals surface area contributed by atoms with Crippen LogP contribution >= 0.6 is 0 Å². The minimum absolute atomic E-state index is 0.124. The summed E-state index contributed by atoms with van der Waals surface area (Å²) in [5.41, 5.74) is 3.95. The number of rotatable bonds is 8. The number of imidazole rings is 1. The first-order valence-electron chi connectivity index (χ1n) is 11.2. The third-order valence-corrected chi connectivity index (χ3v) is 6.13. The second-order valence-corrected chi connectivity index (χ2v) is 8.79. The highest BCUT2D eigenvalue weighted by atomic mass is 16.5. The molecule has 4 N–H and O–H groups in total. The number of ether oxygens (including phenoxy) is 1. The van der Waals surface area contributed by atoms with E-state index in [-0.39, 0.29) is 12.1 Å². The first-order valence-corrected chi connectivity index (χ1v) is 11.2. The van der Waals surface area contributed by atoms with Crippen LogP contribution in [0.25, 0.3) is 22.4 Å². The molecule has 3 atom stereocenters. The van der Waals surface area contributed by atoms with Gasteiger partial charge in [0.1, 0.15) is 11.9 Å². The highest BCUT2D eigenvalue weighted by molar-refractivity contribution is 5.81. The number of carboxylic acid groups (broad SMARTS) is 1. The lowest BCUT2D eigenvalue weighted by Gasteiger charge is -2.23. The van der Waals surface area contributed by atoms with Gasteiger partial charge in [-0.05, 0) is 50.5 Å². The van der Waals surface area contributed by atoms with Crippen LogP contribution in [0.3, 0.4) is 0 Å². The van der Waals surface area contributed by atoms with E-state index in [1.54, 1.807) is 13.1 Å². The molecule has 0 radical (unpaired) electrons. The molecule has 9 nitrogen and oxygen atoms in total. The summed E-state index contributed by atoms with van der Waals surface area (Å²) in [6.07, 6.45) is 2.79. The minimum Gasteiger partial charge on any atom is -0.480 e. The van der Waals surface area contributed by atoms with E-state index in [0.717, 1.165) is 54.0 Å². The Morgan fingerprint density at radius 2 is 2.21 bits per heavy atom. The summed E-state index contributed by atoms with van der Waals surface area (Å²) < 4.78 is 7.85. The summed E-state index contributed by atoms with van der Waals surface area (Å²) in [4.78, 5) is 30.9. The second kappa shape index (κ2) is 9.86. The van der Waals surface area contributed by atoms with Crippen molar-refractivity contribution in [3.05, 3.63) is 51.9 Å². The van der Waals surface area contributed by atoms with E-state index in [9.17, 15) is 19.8 Å². The topological polar surface area (TPSA) is 129 Å². The fraction of sp³-hybridized carbons (Fsp3) is 0.458. The zero-order chi connectivity index (χ0) is 23.5. The smallest absolute Gasteiger partial charge is 0.323 e. The summed E-state index contributed by atoms with van der Waals surface area (Å²) in [6.45, 7) is 5.77. The van der Waals surface area contributed by atoms with Crippen LogP contribution in [0, 0.1) is 12.8 Å². The number of carboxylic acids is 1. The highest BCUT2D eigenvalue weighted by Gasteiger charge is 2.23. The number of aromatic amines is 1. The van der Waals surface area contributed by atoms with Gasteiger partial charge in [-0.2, -0.15) is 0 Å². The van der Waals surface area contributed by atoms with E-state index in [1.165, 1.54) is 6.92 Å². The number of aliphatic carboxylic acids is 1. The second-order valence-electron chi connectivity index (χ2n) is 8.79. The number of aliphatic hydroxyl groups is 1. The average Bonchev–Trinajstić information content (AvgIpc) is 3.13. The SMILES string of the molecule is Cc1cc(-c2nc3cc(CNC(C(=O)O)C(C)O)ccc3n2CC2CCCOC2)c[nH]c1=O. The first kappa shape index (κ1) is 23.2. The highest BCUT2D eigenvalue weighted by Crippen LogP contribution is 2.28. The Bertz CT molecular complexity index is 1190. The third-order valence-electron chi connectivity index (χ3n) is 6.13. The van der Waals surface area contributed by atoms with E-state index in [2.05, 4.69) is 14.9 Å². The fourth-order valence-electron chi connectivity index (χ4n) is 4.32. The Kier molecular flexibility index (Phi) is 6.92. The Balaban J connectivity index is 1.70. The predicted octanol–water partition coefficient (Wildman–Crippen LogP) is 2.05. The van der Waals surface area contributed by atoms with E-state index in [1.807, 2.05) is 24.3 Å². The van der Waals surface area contributed by atoms with Crippen molar-refractivity contribution in [1.82, 2.24) is 19.9 Å². The molecule has 0 bridgehead atoms. The molecule has 3 unspecified atom stereocenters. The Labute approximate surface area is 191 Å². The molecule has 1 aliphatic rings. The van der Waals surface area contributed by atoms with Gasteiger partial charge < -0.3 is 24.5 Å². The van der Waals surface area contributed by atoms with Crippen molar-refractivity contribution in [1.29, 1.82) is 0 Å². The van der Waals surface area contributed by atoms with Gasteiger partial charge >= 0.3 is 5.97 Å². The molecule has 2 aromatic heterocycles. The Morgan fingerprint density at radius 1 is 1.39 bits per heavy atom. The van der Waals surface area contributed by atoms with Crippen LogP contribution in [0.15, 0.2) is 35.3 Å². The number of fused-ring (bicyclic) bond motifs is 1. The quantitative estimate of drug-likeness (QED) is 0.410. The number of aromatic nitrogens is 3. The molecule has 3 aromatic rings. The van der Waals surface area contributed by atoms with Crippen molar-refractivity contribution in [2.45, 2.75) is 51.9 Å². The number of benzene rings is 1. The molecule has 0 saturated carbocycles. The van der Waals surface area contributed by atoms with Gasteiger partial charge in [0.15, 0.2) is 0 Å². The van der Waals surface area contributed by atoms with Gasteiger partial charge in [-0.3, -0.25) is 14.9 Å². The molecule has 9 heteroatoms. The van der Waals surface area contributed by atoms with E-state index in [0.29, 0.717) is 18.1 Å². The number of carbonyl (C=O) groups is 1. The summed E-state index contributed by atoms with van der Waals surface area (Å²) >= 11 is 0. The van der Waals surface area contributed by atoms with Crippen LogP contribution < -0.4 is 10.9 Å². The summed E-state index contributed by atoms with van der Waals surface area (Å²) in [6, 6.07) is 6.65. The predicted molar refractivity (Wildman–Crippen MR) is 124 cm³/mol. The molecule has 33 heavy (non-hydrogen) atoms. The first-order chi connectivity index (χ1) is 15.8. The number of hydrogen-bond acceptors (Lipinski definition) is 6. The average molecular weight is 455 g/mol. The molecule has 3 heterocycles. The van der Waals surface area contributed by atoms with Crippen LogP contribution in [0.4, 0.5) is 0 Å². The van der Waals surface area contributed by atoms with Crippen molar-refractivity contribution in [2.75, 3.05) is 13.2 Å². The third kappa shape index (κ3) is 5.16. The van der Waals surface area contributed by atoms with Crippen LogP contribution in [0.1, 0.15) is 30.9 Å². The maximum atomic E-state index is 11.9. The van der Waals surface area contributed by atoms with Gasteiger partial charge in [-0.15, -0.1) is 0 Å². The van der Waals surface area contributed by atoms with Crippen LogP contribution in [0.2, 0.25) is 0 Å². The van der Waals surface area contributed by atoms with Crippen LogP contribution in [-0.4, -0.2) is 56.1 Å². The molecule has 1 aromatic carbocycles. The Morgan fingerprint density at radius 3 is 2.88 bits per heavy atom. The fourth-order valence-corrected chi connectivity index (χ4v) is 4.32. The number of aliphatic hydroxyl groups excluding tert-OH is 1. The van der Waals surface area contributed by atoms with Gasteiger partial charge in [0.05, 0.1) is 23.7 Å². The van der Waals surface area contributed by atoms with Crippen molar-refractivity contribution >= 4 is 17.0 Å². The molecular weight excluding hydrogens is 424 g/mol. The number of nitrogens with zero attached hydrogens (tertiary/aromatic N) is 2. The number of pyridine rings is 1.